The van der Waals surface area contributed by atoms with E-state index in [1.54, 1.807) is 14.2 Å². The van der Waals surface area contributed by atoms with Crippen LogP contribution in [-0.2, 0) is 4.79 Å². The Hall–Kier alpha value is -2.22. The van der Waals surface area contributed by atoms with Crippen LogP contribution < -0.4 is 9.47 Å². The number of carbonyl (C=O) groups excluding carboxylic acids is 1. The van der Waals surface area contributed by atoms with Crippen molar-refractivity contribution in [3.05, 3.63) is 29.6 Å². The molecule has 0 bridgehead atoms. The van der Waals surface area contributed by atoms with Crippen LogP contribution >= 0.6 is 11.8 Å². The third kappa shape index (κ3) is 3.89. The van der Waals surface area contributed by atoms with Crippen molar-refractivity contribution < 1.29 is 14.3 Å². The third-order valence-electron chi connectivity index (χ3n) is 4.27. The molecule has 1 N–H and O–H groups in total. The standard InChI is InChI=1S/C17H22N4O3S/c1-11-18-17(20-19-11)25-10-16(22)21-8-4-5-14(21)13-9-12(23-2)6-7-15(13)24-3/h6-7,9,14H,4-5,8,10H2,1-3H3,(H,18,19,20)/t14-/m0/s1. The summed E-state index contributed by atoms with van der Waals surface area (Å²) in [7, 11) is 3.28. The molecule has 1 fully saturated rings. The Bertz CT molecular complexity index is 749. The van der Waals surface area contributed by atoms with Gasteiger partial charge in [0, 0.05) is 12.1 Å². The summed E-state index contributed by atoms with van der Waals surface area (Å²) < 4.78 is 10.8. The molecule has 1 amide bonds. The van der Waals surface area contributed by atoms with Crippen LogP contribution in [0.5, 0.6) is 11.5 Å². The lowest BCUT2D eigenvalue weighted by atomic mass is 10.0. The van der Waals surface area contributed by atoms with Gasteiger partial charge in [0.25, 0.3) is 0 Å². The van der Waals surface area contributed by atoms with Gasteiger partial charge in [-0.25, -0.2) is 4.98 Å². The molecule has 2 aromatic rings. The highest BCUT2D eigenvalue weighted by Crippen LogP contribution is 2.39. The van der Waals surface area contributed by atoms with E-state index in [4.69, 9.17) is 9.47 Å². The molecule has 3 rings (SSSR count). The van der Waals surface area contributed by atoms with Gasteiger partial charge >= 0.3 is 0 Å². The number of nitrogens with one attached hydrogen (secondary N) is 1. The highest BCUT2D eigenvalue weighted by atomic mass is 32.2. The summed E-state index contributed by atoms with van der Waals surface area (Å²) in [6, 6.07) is 5.72. The van der Waals surface area contributed by atoms with Crippen LogP contribution in [0, 0.1) is 6.92 Å². The van der Waals surface area contributed by atoms with Gasteiger partial charge in [0.2, 0.25) is 11.1 Å². The molecule has 8 heteroatoms. The first-order chi connectivity index (χ1) is 12.1. The van der Waals surface area contributed by atoms with Crippen LogP contribution in [0.25, 0.3) is 0 Å². The summed E-state index contributed by atoms with van der Waals surface area (Å²) >= 11 is 1.35. The summed E-state index contributed by atoms with van der Waals surface area (Å²) in [5, 5.41) is 7.45. The van der Waals surface area contributed by atoms with Gasteiger partial charge in [-0.1, -0.05) is 11.8 Å². The number of amides is 1. The van der Waals surface area contributed by atoms with E-state index in [1.165, 1.54) is 11.8 Å². The van der Waals surface area contributed by atoms with Gasteiger partial charge in [-0.2, -0.15) is 0 Å². The van der Waals surface area contributed by atoms with Gasteiger partial charge in [-0.05, 0) is 38.0 Å². The van der Waals surface area contributed by atoms with E-state index in [9.17, 15) is 4.79 Å². The number of ether oxygens (including phenoxy) is 2. The minimum absolute atomic E-state index is 0.00651. The topological polar surface area (TPSA) is 80.3 Å². The average Bonchev–Trinajstić information content (AvgIpc) is 3.28. The second-order valence-electron chi connectivity index (χ2n) is 5.85. The number of methoxy groups -OCH3 is 2. The van der Waals surface area contributed by atoms with Crippen LogP contribution in [0.15, 0.2) is 23.4 Å². The smallest absolute Gasteiger partial charge is 0.233 e. The average molecular weight is 362 g/mol. The molecule has 134 valence electrons. The molecule has 0 spiro atoms. The van der Waals surface area contributed by atoms with E-state index in [0.29, 0.717) is 10.9 Å². The van der Waals surface area contributed by atoms with Crippen molar-refractivity contribution in [3.8, 4) is 11.5 Å². The second-order valence-corrected chi connectivity index (χ2v) is 6.79. The fraction of sp³-hybridized carbons (Fsp3) is 0.471. The number of hydrogen-bond donors (Lipinski definition) is 1. The molecule has 0 aliphatic carbocycles. The Morgan fingerprint density at radius 3 is 2.92 bits per heavy atom. The predicted molar refractivity (Wildman–Crippen MR) is 95.1 cm³/mol. The summed E-state index contributed by atoms with van der Waals surface area (Å²) in [6.45, 7) is 2.59. The Morgan fingerprint density at radius 1 is 1.40 bits per heavy atom. The number of aryl methyl sites for hydroxylation is 1. The molecule has 25 heavy (non-hydrogen) atoms. The van der Waals surface area contributed by atoms with Crippen LogP contribution in [0.1, 0.15) is 30.3 Å². The predicted octanol–water partition coefficient (Wildman–Crippen LogP) is 2.59. The summed E-state index contributed by atoms with van der Waals surface area (Å²) in [4.78, 5) is 18.9. The van der Waals surface area contributed by atoms with Crippen LogP contribution in [0.2, 0.25) is 0 Å². The minimum atomic E-state index is 0.00651. The highest BCUT2D eigenvalue weighted by molar-refractivity contribution is 7.99. The number of likely N-dealkylation sites (tertiary alicyclic amines) is 1. The van der Waals surface area contributed by atoms with Crippen LogP contribution in [0.4, 0.5) is 0 Å². The van der Waals surface area contributed by atoms with Crippen LogP contribution in [0.3, 0.4) is 0 Å². The molecule has 0 unspecified atom stereocenters. The SMILES string of the molecule is COc1ccc(OC)c([C@@H]2CCCN2C(=O)CSc2n[nH]c(C)n2)c1. The number of nitrogens with zero attached hydrogens (tertiary/aromatic N) is 3. The van der Waals surface area contributed by atoms with Crippen molar-refractivity contribution in [3.63, 3.8) is 0 Å². The lowest BCUT2D eigenvalue weighted by Gasteiger charge is -2.26. The van der Waals surface area contributed by atoms with Crippen molar-refractivity contribution in [2.24, 2.45) is 0 Å². The zero-order valence-electron chi connectivity index (χ0n) is 14.6. The number of carbonyl (C=O) groups is 1. The molecular formula is C17H22N4O3S. The molecule has 1 aromatic heterocycles. The number of hydrogen-bond acceptors (Lipinski definition) is 6. The van der Waals surface area contributed by atoms with Gasteiger partial charge in [-0.3, -0.25) is 9.89 Å². The van der Waals surface area contributed by atoms with Crippen molar-refractivity contribution in [2.75, 3.05) is 26.5 Å². The maximum atomic E-state index is 12.7. The molecular weight excluding hydrogens is 340 g/mol. The van der Waals surface area contributed by atoms with Gasteiger partial charge < -0.3 is 14.4 Å². The third-order valence-corrected chi connectivity index (χ3v) is 5.10. The van der Waals surface area contributed by atoms with Crippen LogP contribution in [-0.4, -0.2) is 52.5 Å². The first-order valence-electron chi connectivity index (χ1n) is 8.15. The van der Waals surface area contributed by atoms with E-state index in [2.05, 4.69) is 15.2 Å². The maximum Gasteiger partial charge on any atom is 0.233 e. The van der Waals surface area contributed by atoms with Crippen molar-refractivity contribution in [1.82, 2.24) is 20.1 Å². The Morgan fingerprint density at radius 2 is 2.24 bits per heavy atom. The first-order valence-corrected chi connectivity index (χ1v) is 9.14. The molecule has 1 aliphatic rings. The Labute approximate surface area is 151 Å². The second kappa shape index (κ2) is 7.77. The number of aromatic amines is 1. The number of rotatable bonds is 6. The van der Waals surface area contributed by atoms with E-state index in [0.717, 1.165) is 42.3 Å². The van der Waals surface area contributed by atoms with Crippen molar-refractivity contribution in [2.45, 2.75) is 31.0 Å². The molecule has 1 aliphatic heterocycles. The molecule has 0 saturated carbocycles. The number of benzene rings is 1. The molecule has 2 heterocycles. The fourth-order valence-corrected chi connectivity index (χ4v) is 3.81. The van der Waals surface area contributed by atoms with E-state index in [-0.39, 0.29) is 11.9 Å². The first kappa shape index (κ1) is 17.6. The summed E-state index contributed by atoms with van der Waals surface area (Å²) in [6.07, 6.45) is 1.89. The molecule has 1 aromatic carbocycles. The van der Waals surface area contributed by atoms with Crippen molar-refractivity contribution >= 4 is 17.7 Å². The van der Waals surface area contributed by atoms with E-state index in [1.807, 2.05) is 30.0 Å². The maximum absolute atomic E-state index is 12.7. The molecule has 7 nitrogen and oxygen atoms in total. The zero-order chi connectivity index (χ0) is 17.8. The number of thioether (sulfide) groups is 1. The van der Waals surface area contributed by atoms with Crippen molar-refractivity contribution in [1.29, 1.82) is 0 Å². The van der Waals surface area contributed by atoms with E-state index < -0.39 is 0 Å². The minimum Gasteiger partial charge on any atom is -0.497 e. The molecule has 1 saturated heterocycles. The Balaban J connectivity index is 1.74. The number of H-pyrrole nitrogens is 1. The van der Waals surface area contributed by atoms with Gasteiger partial charge in [0.05, 0.1) is 26.0 Å². The fourth-order valence-electron chi connectivity index (χ4n) is 3.08. The van der Waals surface area contributed by atoms with E-state index >= 15 is 0 Å². The highest BCUT2D eigenvalue weighted by Gasteiger charge is 2.32. The quantitative estimate of drug-likeness (QED) is 0.796. The summed E-state index contributed by atoms with van der Waals surface area (Å²) in [5.74, 6) is 2.69. The Kier molecular flexibility index (Phi) is 5.47. The number of aromatic nitrogens is 3. The zero-order valence-corrected chi connectivity index (χ0v) is 15.4. The monoisotopic (exact) mass is 362 g/mol. The lowest BCUT2D eigenvalue weighted by Crippen LogP contribution is -2.32. The normalized spacial score (nSPS) is 16.9. The van der Waals surface area contributed by atoms with Gasteiger partial charge in [0.1, 0.15) is 17.3 Å². The lowest BCUT2D eigenvalue weighted by molar-refractivity contribution is -0.129. The largest absolute Gasteiger partial charge is 0.497 e. The van der Waals surface area contributed by atoms with Gasteiger partial charge in [-0.15, -0.1) is 5.10 Å². The summed E-state index contributed by atoms with van der Waals surface area (Å²) in [5.41, 5.74) is 0.992. The molecule has 1 atom stereocenters. The molecule has 0 radical (unpaired) electrons. The van der Waals surface area contributed by atoms with Gasteiger partial charge in [0.15, 0.2) is 0 Å².